The lowest BCUT2D eigenvalue weighted by atomic mass is 10.2. The number of hydrogen-bond acceptors (Lipinski definition) is 2. The summed E-state index contributed by atoms with van der Waals surface area (Å²) in [5.41, 5.74) is 4.26. The highest BCUT2D eigenvalue weighted by atomic mass is 16.5. The third-order valence-electron chi connectivity index (χ3n) is 1.56. The van der Waals surface area contributed by atoms with Crippen LogP contribution in [0.1, 0.15) is 0 Å². The molecule has 1 aliphatic carbocycles. The molecule has 0 unspecified atom stereocenters. The van der Waals surface area contributed by atoms with Crippen LogP contribution in [0.4, 0.5) is 0 Å². The molecule has 12 heavy (non-hydrogen) atoms. The minimum absolute atomic E-state index is 0.831. The number of allylic oxidation sites excluding steroid dienone is 3. The first-order chi connectivity index (χ1) is 5.86. The molecule has 0 aliphatic heterocycles. The number of methoxy groups -OCH3 is 1. The van der Waals surface area contributed by atoms with E-state index in [1.54, 1.807) is 7.11 Å². The van der Waals surface area contributed by atoms with Crippen LogP contribution in [0.25, 0.3) is 0 Å². The quantitative estimate of drug-likeness (QED) is 0.635. The molecular weight excluding hydrogens is 150 g/mol. The molecule has 0 bridgehead atoms. The number of likely N-dealkylation sites (N-methyl/N-ethyl adjacent to an activating group) is 1. The zero-order valence-corrected chi connectivity index (χ0v) is 7.42. The topological polar surface area (TPSA) is 21.3 Å². The van der Waals surface area contributed by atoms with E-state index in [-0.39, 0.29) is 0 Å². The molecule has 0 radical (unpaired) electrons. The summed E-state index contributed by atoms with van der Waals surface area (Å²) in [7, 11) is 3.57. The first-order valence-corrected chi connectivity index (χ1v) is 3.89. The highest BCUT2D eigenvalue weighted by Gasteiger charge is 1.92. The summed E-state index contributed by atoms with van der Waals surface area (Å²) in [5.74, 6) is 0.831. The van der Waals surface area contributed by atoms with Crippen molar-refractivity contribution in [3.63, 3.8) is 0 Å². The van der Waals surface area contributed by atoms with Gasteiger partial charge in [0.25, 0.3) is 0 Å². The SMILES string of the molecule is CNCC1=C=CC(OC)=CC=C1. The molecular formula is C10H13NO. The van der Waals surface area contributed by atoms with Gasteiger partial charge in [-0.15, -0.1) is 5.73 Å². The highest BCUT2D eigenvalue weighted by Crippen LogP contribution is 2.04. The Morgan fingerprint density at radius 2 is 2.42 bits per heavy atom. The first-order valence-electron chi connectivity index (χ1n) is 3.89. The molecule has 1 N–H and O–H groups in total. The van der Waals surface area contributed by atoms with E-state index >= 15 is 0 Å². The fourth-order valence-electron chi connectivity index (χ4n) is 0.947. The van der Waals surface area contributed by atoms with Crippen LogP contribution in [0.2, 0.25) is 0 Å². The van der Waals surface area contributed by atoms with Gasteiger partial charge in [0, 0.05) is 18.2 Å². The van der Waals surface area contributed by atoms with Crippen molar-refractivity contribution in [3.05, 3.63) is 41.4 Å². The van der Waals surface area contributed by atoms with Crippen molar-refractivity contribution >= 4 is 0 Å². The Morgan fingerprint density at radius 3 is 3.08 bits per heavy atom. The summed E-state index contributed by atoms with van der Waals surface area (Å²) < 4.78 is 5.06. The third kappa shape index (κ3) is 2.42. The maximum atomic E-state index is 5.06. The molecule has 0 saturated heterocycles. The van der Waals surface area contributed by atoms with Crippen LogP contribution >= 0.6 is 0 Å². The first kappa shape index (κ1) is 8.85. The number of nitrogens with one attached hydrogen (secondary N) is 1. The Bertz CT molecular complexity index is 268. The second kappa shape index (κ2) is 4.60. The number of ether oxygens (including phenoxy) is 1. The molecule has 2 nitrogen and oxygen atoms in total. The molecule has 0 heterocycles. The van der Waals surface area contributed by atoms with E-state index in [1.165, 1.54) is 0 Å². The zero-order chi connectivity index (χ0) is 8.81. The predicted octanol–water partition coefficient (Wildman–Crippen LogP) is 1.39. The van der Waals surface area contributed by atoms with Gasteiger partial charge >= 0.3 is 0 Å². The molecule has 2 heteroatoms. The van der Waals surface area contributed by atoms with Crippen LogP contribution in [0.5, 0.6) is 0 Å². The molecule has 0 spiro atoms. The average molecular weight is 163 g/mol. The lowest BCUT2D eigenvalue weighted by Crippen LogP contribution is -2.08. The van der Waals surface area contributed by atoms with Crippen molar-refractivity contribution in [2.75, 3.05) is 20.7 Å². The summed E-state index contributed by atoms with van der Waals surface area (Å²) in [6.07, 6.45) is 7.73. The molecule has 64 valence electrons. The van der Waals surface area contributed by atoms with Gasteiger partial charge in [0.1, 0.15) is 5.76 Å². The summed E-state index contributed by atoms with van der Waals surface area (Å²) in [5, 5.41) is 3.06. The normalized spacial score (nSPS) is 15.2. The Morgan fingerprint density at radius 1 is 1.58 bits per heavy atom. The molecule has 0 aromatic heterocycles. The van der Waals surface area contributed by atoms with Gasteiger partial charge < -0.3 is 10.1 Å². The smallest absolute Gasteiger partial charge is 0.126 e. The molecule has 0 aromatic rings. The molecule has 1 aliphatic rings. The Hall–Kier alpha value is -1.24. The molecule has 1 rings (SSSR count). The van der Waals surface area contributed by atoms with Gasteiger partial charge in [-0.25, -0.2) is 0 Å². The summed E-state index contributed by atoms with van der Waals surface area (Å²) >= 11 is 0. The van der Waals surface area contributed by atoms with Crippen molar-refractivity contribution in [2.45, 2.75) is 0 Å². The second-order valence-corrected chi connectivity index (χ2v) is 2.48. The second-order valence-electron chi connectivity index (χ2n) is 2.48. The summed E-state index contributed by atoms with van der Waals surface area (Å²) in [6, 6.07) is 0. The van der Waals surface area contributed by atoms with Crippen molar-refractivity contribution < 1.29 is 4.74 Å². The van der Waals surface area contributed by atoms with E-state index in [0.717, 1.165) is 17.9 Å². The minimum atomic E-state index is 0.831. The van der Waals surface area contributed by atoms with E-state index in [0.29, 0.717) is 0 Å². The van der Waals surface area contributed by atoms with E-state index in [9.17, 15) is 0 Å². The van der Waals surface area contributed by atoms with Gasteiger partial charge in [0.05, 0.1) is 7.11 Å². The van der Waals surface area contributed by atoms with Crippen LogP contribution in [0.3, 0.4) is 0 Å². The van der Waals surface area contributed by atoms with E-state index in [4.69, 9.17) is 4.74 Å². The summed E-state index contributed by atoms with van der Waals surface area (Å²) in [4.78, 5) is 0. The van der Waals surface area contributed by atoms with Crippen molar-refractivity contribution in [2.24, 2.45) is 0 Å². The lowest BCUT2D eigenvalue weighted by Gasteiger charge is -1.94. The van der Waals surface area contributed by atoms with Gasteiger partial charge in [-0.2, -0.15) is 0 Å². The lowest BCUT2D eigenvalue weighted by molar-refractivity contribution is 0.307. The summed E-state index contributed by atoms with van der Waals surface area (Å²) in [6.45, 7) is 0.831. The molecule has 0 aromatic carbocycles. The van der Waals surface area contributed by atoms with E-state index in [1.807, 2.05) is 31.4 Å². The third-order valence-corrected chi connectivity index (χ3v) is 1.56. The van der Waals surface area contributed by atoms with E-state index < -0.39 is 0 Å². The van der Waals surface area contributed by atoms with Crippen LogP contribution in [-0.4, -0.2) is 20.7 Å². The molecule has 0 amide bonds. The van der Waals surface area contributed by atoms with E-state index in [2.05, 4.69) is 11.0 Å². The van der Waals surface area contributed by atoms with Crippen LogP contribution in [0.15, 0.2) is 41.4 Å². The minimum Gasteiger partial charge on any atom is -0.496 e. The Kier molecular flexibility index (Phi) is 3.39. The predicted molar refractivity (Wildman–Crippen MR) is 49.8 cm³/mol. The van der Waals surface area contributed by atoms with Crippen molar-refractivity contribution in [3.8, 4) is 0 Å². The van der Waals surface area contributed by atoms with Gasteiger partial charge in [-0.1, -0.05) is 6.08 Å². The van der Waals surface area contributed by atoms with Crippen LogP contribution < -0.4 is 5.32 Å². The highest BCUT2D eigenvalue weighted by molar-refractivity contribution is 5.31. The largest absolute Gasteiger partial charge is 0.496 e. The van der Waals surface area contributed by atoms with Gasteiger partial charge in [-0.3, -0.25) is 0 Å². The maximum absolute atomic E-state index is 5.06. The van der Waals surface area contributed by atoms with Gasteiger partial charge in [-0.05, 0) is 19.2 Å². The van der Waals surface area contributed by atoms with Gasteiger partial charge in [0.2, 0.25) is 0 Å². The van der Waals surface area contributed by atoms with Crippen molar-refractivity contribution in [1.82, 2.24) is 5.32 Å². The van der Waals surface area contributed by atoms with Crippen LogP contribution in [-0.2, 0) is 4.74 Å². The average Bonchev–Trinajstić information content (AvgIpc) is 2.31. The Labute approximate surface area is 72.9 Å². The monoisotopic (exact) mass is 163 g/mol. The van der Waals surface area contributed by atoms with Crippen LogP contribution in [0, 0.1) is 0 Å². The molecule has 0 saturated carbocycles. The van der Waals surface area contributed by atoms with Gasteiger partial charge in [0.15, 0.2) is 0 Å². The fraction of sp³-hybridized carbons (Fsp3) is 0.300. The number of hydrogen-bond donors (Lipinski definition) is 1. The standard InChI is InChI=1S/C10H13NO/c1-11-8-9-4-3-5-10(12-2)7-6-9/h3-5,7,11H,8H2,1-2H3. The molecule has 0 fully saturated rings. The zero-order valence-electron chi connectivity index (χ0n) is 7.42. The Balaban J connectivity index is 2.76. The maximum Gasteiger partial charge on any atom is 0.126 e. The number of rotatable bonds is 3. The fourth-order valence-corrected chi connectivity index (χ4v) is 0.947. The van der Waals surface area contributed by atoms with Crippen molar-refractivity contribution in [1.29, 1.82) is 0 Å². The molecule has 0 atom stereocenters.